The maximum atomic E-state index is 11.9. The first-order valence-corrected chi connectivity index (χ1v) is 4.90. The molecule has 0 saturated carbocycles. The van der Waals surface area contributed by atoms with Crippen LogP contribution in [0.2, 0.25) is 0 Å². The zero-order chi connectivity index (χ0) is 15.4. The van der Waals surface area contributed by atoms with Gasteiger partial charge in [-0.25, -0.2) is 0 Å². The lowest BCUT2D eigenvalue weighted by Gasteiger charge is -2.25. The van der Waals surface area contributed by atoms with Crippen molar-refractivity contribution in [1.29, 1.82) is 5.26 Å². The number of alkyl halides is 7. The average Bonchev–Trinajstić information content (AvgIpc) is 2.14. The second kappa shape index (κ2) is 5.53. The topological polar surface area (TPSA) is 78.2 Å². The van der Waals surface area contributed by atoms with Crippen molar-refractivity contribution in [3.8, 4) is 6.07 Å². The van der Waals surface area contributed by atoms with Gasteiger partial charge in [0, 0.05) is 6.08 Å². The van der Waals surface area contributed by atoms with E-state index in [2.05, 4.69) is 6.58 Å². The Morgan fingerprint density at radius 2 is 1.39 bits per heavy atom. The quantitative estimate of drug-likeness (QED) is 0.482. The van der Waals surface area contributed by atoms with Crippen LogP contribution in [0.15, 0.2) is 12.7 Å². The van der Waals surface area contributed by atoms with Gasteiger partial charge in [-0.3, -0.25) is 4.55 Å². The summed E-state index contributed by atoms with van der Waals surface area (Å²) < 4.78 is 108. The smallest absolute Gasteiger partial charge is 0.281 e. The van der Waals surface area contributed by atoms with E-state index in [0.29, 0.717) is 0 Å². The highest BCUT2D eigenvalue weighted by atomic mass is 32.2. The summed E-state index contributed by atoms with van der Waals surface area (Å²) in [5, 5.41) is 0.894. The van der Waals surface area contributed by atoms with Crippen molar-refractivity contribution in [2.24, 2.45) is 0 Å². The molecule has 1 N–H and O–H groups in total. The molecule has 0 aromatic rings. The van der Waals surface area contributed by atoms with Crippen LogP contribution in [0.25, 0.3) is 0 Å². The van der Waals surface area contributed by atoms with Gasteiger partial charge in [-0.1, -0.05) is 6.58 Å². The van der Waals surface area contributed by atoms with Gasteiger partial charge in [0.25, 0.3) is 0 Å². The van der Waals surface area contributed by atoms with Crippen LogP contribution in [0, 0.1) is 11.3 Å². The number of nitrogens with zero attached hydrogens (tertiary/aromatic N) is 1. The minimum atomic E-state index is -6.85. The van der Waals surface area contributed by atoms with E-state index >= 15 is 0 Å². The van der Waals surface area contributed by atoms with E-state index < -0.39 is 27.5 Å². The number of rotatable bonds is 2. The van der Waals surface area contributed by atoms with Crippen LogP contribution in [-0.4, -0.2) is 30.3 Å². The minimum Gasteiger partial charge on any atom is -0.281 e. The predicted octanol–water partition coefficient (Wildman–Crippen LogP) is 2.36. The Balaban J connectivity index is 0. The van der Waals surface area contributed by atoms with Gasteiger partial charge in [-0.05, 0) is 0 Å². The van der Waals surface area contributed by atoms with E-state index in [4.69, 9.17) is 9.81 Å². The lowest BCUT2D eigenvalue weighted by molar-refractivity contribution is -0.333. The van der Waals surface area contributed by atoms with E-state index in [-0.39, 0.29) is 0 Å². The van der Waals surface area contributed by atoms with Crippen molar-refractivity contribution in [2.45, 2.75) is 17.4 Å². The Morgan fingerprint density at radius 1 is 1.11 bits per heavy atom. The first-order valence-electron chi connectivity index (χ1n) is 3.46. The van der Waals surface area contributed by atoms with Gasteiger partial charge in [0.2, 0.25) is 0 Å². The molecule has 0 fully saturated rings. The van der Waals surface area contributed by atoms with Crippen LogP contribution < -0.4 is 0 Å². The Bertz CT molecular complexity index is 433. The van der Waals surface area contributed by atoms with Crippen LogP contribution >= 0.6 is 0 Å². The molecule has 0 heterocycles. The minimum absolute atomic E-state index is 1.18. The first kappa shape index (κ1) is 19.0. The standard InChI is InChI=1S/C3HF7O3S.C3H3N/c4-1(5,2(6,7)8)3(9,10)14(11,12)13;1-2-3-4/h(H,11,12,13);2H,1H2. The first-order chi connectivity index (χ1) is 7.66. The summed E-state index contributed by atoms with van der Waals surface area (Å²) in [5.74, 6) is -6.85. The lowest BCUT2D eigenvalue weighted by Crippen LogP contribution is -2.55. The third kappa shape index (κ3) is 3.84. The van der Waals surface area contributed by atoms with Gasteiger partial charge >= 0.3 is 27.5 Å². The van der Waals surface area contributed by atoms with Crippen molar-refractivity contribution >= 4 is 10.1 Å². The highest BCUT2D eigenvalue weighted by molar-refractivity contribution is 7.87. The van der Waals surface area contributed by atoms with Crippen molar-refractivity contribution < 1.29 is 43.7 Å². The van der Waals surface area contributed by atoms with Gasteiger partial charge in [0.15, 0.2) is 0 Å². The molecule has 0 bridgehead atoms. The van der Waals surface area contributed by atoms with E-state index in [1.165, 1.54) is 6.08 Å². The fourth-order valence-electron chi connectivity index (χ4n) is 0.327. The Kier molecular flexibility index (Phi) is 5.84. The molecule has 0 rings (SSSR count). The molecule has 0 aliphatic carbocycles. The third-order valence-corrected chi connectivity index (χ3v) is 2.04. The Hall–Kier alpha value is -1.35. The zero-order valence-electron chi connectivity index (χ0n) is 8.05. The summed E-state index contributed by atoms with van der Waals surface area (Å²) in [7, 11) is -6.85. The maximum Gasteiger partial charge on any atom is 0.461 e. The molecule has 0 radical (unpaired) electrons. The molecule has 4 nitrogen and oxygen atoms in total. The summed E-state index contributed by atoms with van der Waals surface area (Å²) in [6.07, 6.45) is -5.60. The fraction of sp³-hybridized carbons (Fsp3) is 0.500. The summed E-state index contributed by atoms with van der Waals surface area (Å²) in [6.45, 7) is 3.12. The number of hydrogen-bond donors (Lipinski definition) is 1. The van der Waals surface area contributed by atoms with Gasteiger partial charge in [-0.2, -0.15) is 44.4 Å². The molecule has 0 aliphatic heterocycles. The number of allylic oxidation sites excluding steroid dienone is 1. The van der Waals surface area contributed by atoms with E-state index in [1.54, 1.807) is 6.07 Å². The summed E-state index contributed by atoms with van der Waals surface area (Å²) >= 11 is 0. The van der Waals surface area contributed by atoms with Gasteiger partial charge in [0.1, 0.15) is 0 Å². The number of hydrogen-bond acceptors (Lipinski definition) is 3. The molecule has 0 amide bonds. The molecule has 0 aromatic carbocycles. The highest BCUT2D eigenvalue weighted by Crippen LogP contribution is 2.48. The van der Waals surface area contributed by atoms with Crippen LogP contribution in [0.1, 0.15) is 0 Å². The zero-order valence-corrected chi connectivity index (χ0v) is 8.87. The molecule has 18 heavy (non-hydrogen) atoms. The molecule has 12 heteroatoms. The normalized spacial score (nSPS) is 13.1. The van der Waals surface area contributed by atoms with Gasteiger partial charge < -0.3 is 0 Å². The summed E-state index contributed by atoms with van der Waals surface area (Å²) in [5.41, 5.74) is 0. The van der Waals surface area contributed by atoms with Crippen molar-refractivity contribution in [1.82, 2.24) is 0 Å². The largest absolute Gasteiger partial charge is 0.461 e. The molecular weight excluding hydrogens is 299 g/mol. The van der Waals surface area contributed by atoms with Gasteiger partial charge in [-0.15, -0.1) is 0 Å². The van der Waals surface area contributed by atoms with Crippen LogP contribution in [0.5, 0.6) is 0 Å². The van der Waals surface area contributed by atoms with E-state index in [9.17, 15) is 39.2 Å². The third-order valence-electron chi connectivity index (χ3n) is 1.14. The molecule has 106 valence electrons. The monoisotopic (exact) mass is 303 g/mol. The predicted molar refractivity (Wildman–Crippen MR) is 43.3 cm³/mol. The number of nitriles is 1. The molecular formula is C6H4F7NO3S. The SMILES string of the molecule is C=CC#N.O=S(=O)(O)C(F)(F)C(F)(F)C(F)(F)F. The summed E-state index contributed by atoms with van der Waals surface area (Å²) in [6, 6.07) is 1.69. The lowest BCUT2D eigenvalue weighted by atomic mass is 10.3. The summed E-state index contributed by atoms with van der Waals surface area (Å²) in [4.78, 5) is 0. The van der Waals surface area contributed by atoms with Crippen molar-refractivity contribution in [3.05, 3.63) is 12.7 Å². The second-order valence-corrected chi connectivity index (χ2v) is 3.86. The molecule has 0 spiro atoms. The molecule has 0 atom stereocenters. The Labute approximate surface area is 96.1 Å². The Morgan fingerprint density at radius 3 is 1.44 bits per heavy atom. The highest BCUT2D eigenvalue weighted by Gasteiger charge is 2.78. The van der Waals surface area contributed by atoms with Crippen molar-refractivity contribution in [3.63, 3.8) is 0 Å². The van der Waals surface area contributed by atoms with Crippen molar-refractivity contribution in [2.75, 3.05) is 0 Å². The van der Waals surface area contributed by atoms with Crippen LogP contribution in [-0.2, 0) is 10.1 Å². The average molecular weight is 303 g/mol. The van der Waals surface area contributed by atoms with E-state index in [1.807, 2.05) is 0 Å². The number of halogens is 7. The molecule has 0 aliphatic rings. The second-order valence-electron chi connectivity index (χ2n) is 2.40. The molecule has 0 aromatic heterocycles. The van der Waals surface area contributed by atoms with E-state index in [0.717, 1.165) is 0 Å². The maximum absolute atomic E-state index is 11.9. The van der Waals surface area contributed by atoms with Gasteiger partial charge in [0.05, 0.1) is 6.07 Å². The fourth-order valence-corrected chi connectivity index (χ4v) is 0.767. The molecule has 0 unspecified atom stereocenters. The molecule has 0 saturated heterocycles. The van der Waals surface area contributed by atoms with Crippen LogP contribution in [0.4, 0.5) is 30.7 Å². The van der Waals surface area contributed by atoms with Crippen LogP contribution in [0.3, 0.4) is 0 Å².